The minimum Gasteiger partial charge on any atom is -0.462 e. The molecule has 1 aromatic rings. The Kier molecular flexibility index (Phi) is 5.91. The normalized spacial score (nSPS) is 22.3. The maximum absolute atomic E-state index is 12.6. The molecule has 0 atom stereocenters. The van der Waals surface area contributed by atoms with Crippen LogP contribution in [-0.4, -0.2) is 30.4 Å². The van der Waals surface area contributed by atoms with Crippen LogP contribution in [0.3, 0.4) is 0 Å². The molecule has 3 rings (SSSR count). The van der Waals surface area contributed by atoms with Crippen molar-refractivity contribution >= 4 is 23.5 Å². The minimum absolute atomic E-state index is 0.0199. The first-order valence-electron chi connectivity index (χ1n) is 9.46. The zero-order valence-corrected chi connectivity index (χ0v) is 15.1. The molecule has 0 saturated heterocycles. The second kappa shape index (κ2) is 8.34. The van der Waals surface area contributed by atoms with E-state index in [2.05, 4.69) is 10.6 Å². The largest absolute Gasteiger partial charge is 0.462 e. The SMILES string of the molecule is CCOC(=O)c1ccccc1NC(=O)C1CCC(C(=O)NC2CC2)CC1. The Labute approximate surface area is 153 Å². The van der Waals surface area contributed by atoms with Crippen molar-refractivity contribution in [3.05, 3.63) is 29.8 Å². The zero-order valence-electron chi connectivity index (χ0n) is 15.1. The van der Waals surface area contributed by atoms with Crippen molar-refractivity contribution in [2.45, 2.75) is 51.5 Å². The Hall–Kier alpha value is -2.37. The van der Waals surface area contributed by atoms with Crippen molar-refractivity contribution in [2.24, 2.45) is 11.8 Å². The van der Waals surface area contributed by atoms with Gasteiger partial charge in [0.25, 0.3) is 0 Å². The van der Waals surface area contributed by atoms with Gasteiger partial charge in [0.05, 0.1) is 17.9 Å². The van der Waals surface area contributed by atoms with Crippen LogP contribution in [0.5, 0.6) is 0 Å². The highest BCUT2D eigenvalue weighted by Crippen LogP contribution is 2.31. The fourth-order valence-corrected chi connectivity index (χ4v) is 3.38. The van der Waals surface area contributed by atoms with E-state index in [4.69, 9.17) is 4.74 Å². The van der Waals surface area contributed by atoms with Crippen LogP contribution in [0.4, 0.5) is 5.69 Å². The number of anilines is 1. The van der Waals surface area contributed by atoms with Gasteiger partial charge in [-0.25, -0.2) is 4.79 Å². The summed E-state index contributed by atoms with van der Waals surface area (Å²) in [4.78, 5) is 36.8. The minimum atomic E-state index is -0.441. The van der Waals surface area contributed by atoms with Gasteiger partial charge in [0.2, 0.25) is 11.8 Å². The molecule has 6 nitrogen and oxygen atoms in total. The van der Waals surface area contributed by atoms with Gasteiger partial charge in [-0.05, 0) is 57.6 Å². The fraction of sp³-hybridized carbons (Fsp3) is 0.550. The van der Waals surface area contributed by atoms with Gasteiger partial charge in [-0.15, -0.1) is 0 Å². The summed E-state index contributed by atoms with van der Waals surface area (Å²) in [7, 11) is 0. The first kappa shape index (κ1) is 18.4. The molecule has 2 fully saturated rings. The highest BCUT2D eigenvalue weighted by molar-refractivity contribution is 6.01. The van der Waals surface area contributed by atoms with E-state index in [0.29, 0.717) is 30.1 Å². The molecule has 2 aliphatic carbocycles. The number of esters is 1. The van der Waals surface area contributed by atoms with E-state index in [1.807, 2.05) is 0 Å². The highest BCUT2D eigenvalue weighted by Gasteiger charge is 2.32. The molecule has 6 heteroatoms. The maximum Gasteiger partial charge on any atom is 0.340 e. The second-order valence-electron chi connectivity index (χ2n) is 7.09. The van der Waals surface area contributed by atoms with E-state index < -0.39 is 5.97 Å². The Balaban J connectivity index is 1.54. The van der Waals surface area contributed by atoms with Crippen molar-refractivity contribution in [3.8, 4) is 0 Å². The van der Waals surface area contributed by atoms with Crippen molar-refractivity contribution in [1.82, 2.24) is 5.32 Å². The monoisotopic (exact) mass is 358 g/mol. The Morgan fingerprint density at radius 3 is 2.19 bits per heavy atom. The number of benzene rings is 1. The third-order valence-electron chi connectivity index (χ3n) is 5.07. The van der Waals surface area contributed by atoms with Crippen molar-refractivity contribution < 1.29 is 19.1 Å². The number of nitrogens with one attached hydrogen (secondary N) is 2. The third kappa shape index (κ3) is 4.62. The summed E-state index contributed by atoms with van der Waals surface area (Å²) >= 11 is 0. The van der Waals surface area contributed by atoms with Crippen LogP contribution < -0.4 is 10.6 Å². The molecule has 0 bridgehead atoms. The lowest BCUT2D eigenvalue weighted by molar-refractivity contribution is -0.128. The lowest BCUT2D eigenvalue weighted by Crippen LogP contribution is -2.36. The molecular weight excluding hydrogens is 332 g/mol. The molecule has 2 aliphatic rings. The topological polar surface area (TPSA) is 84.5 Å². The Morgan fingerprint density at radius 1 is 0.962 bits per heavy atom. The summed E-state index contributed by atoms with van der Waals surface area (Å²) in [5, 5.41) is 5.91. The molecule has 0 spiro atoms. The van der Waals surface area contributed by atoms with Crippen LogP contribution in [0.15, 0.2) is 24.3 Å². The predicted octanol–water partition coefficient (Wildman–Crippen LogP) is 2.89. The number of hydrogen-bond donors (Lipinski definition) is 2. The average molecular weight is 358 g/mol. The predicted molar refractivity (Wildman–Crippen MR) is 97.6 cm³/mol. The van der Waals surface area contributed by atoms with Gasteiger partial charge in [-0.2, -0.15) is 0 Å². The highest BCUT2D eigenvalue weighted by atomic mass is 16.5. The Morgan fingerprint density at radius 2 is 1.58 bits per heavy atom. The first-order valence-corrected chi connectivity index (χ1v) is 9.46. The summed E-state index contributed by atoms with van der Waals surface area (Å²) < 4.78 is 5.04. The first-order chi connectivity index (χ1) is 12.6. The van der Waals surface area contributed by atoms with Crippen LogP contribution in [0.2, 0.25) is 0 Å². The van der Waals surface area contributed by atoms with E-state index in [9.17, 15) is 14.4 Å². The van der Waals surface area contributed by atoms with E-state index >= 15 is 0 Å². The summed E-state index contributed by atoms with van der Waals surface area (Å²) in [6.45, 7) is 2.03. The molecule has 0 radical (unpaired) electrons. The lowest BCUT2D eigenvalue weighted by atomic mass is 9.81. The lowest BCUT2D eigenvalue weighted by Gasteiger charge is -2.27. The van der Waals surface area contributed by atoms with Crippen LogP contribution >= 0.6 is 0 Å². The molecule has 0 heterocycles. The second-order valence-corrected chi connectivity index (χ2v) is 7.09. The quantitative estimate of drug-likeness (QED) is 0.766. The summed E-state index contributed by atoms with van der Waals surface area (Å²) in [6, 6.07) is 7.25. The van der Waals surface area contributed by atoms with Gasteiger partial charge in [0.1, 0.15) is 0 Å². The number of carbonyl (C=O) groups is 3. The molecule has 2 amide bonds. The van der Waals surface area contributed by atoms with Crippen molar-refractivity contribution in [3.63, 3.8) is 0 Å². The van der Waals surface area contributed by atoms with Crippen LogP contribution in [0.25, 0.3) is 0 Å². The molecule has 0 unspecified atom stereocenters. The standard InChI is InChI=1S/C20H26N2O4/c1-2-26-20(25)16-5-3-4-6-17(16)22-19(24)14-9-7-13(8-10-14)18(23)21-15-11-12-15/h3-6,13-15H,2,7-12H2,1H3,(H,21,23)(H,22,24). The van der Waals surface area contributed by atoms with Crippen LogP contribution in [0, 0.1) is 11.8 Å². The van der Waals surface area contributed by atoms with Crippen molar-refractivity contribution in [1.29, 1.82) is 0 Å². The van der Waals surface area contributed by atoms with E-state index in [1.165, 1.54) is 0 Å². The summed E-state index contributed by atoms with van der Waals surface area (Å²) in [5.41, 5.74) is 0.838. The van der Waals surface area contributed by atoms with Gasteiger partial charge < -0.3 is 15.4 Å². The number of rotatable bonds is 6. The van der Waals surface area contributed by atoms with Crippen LogP contribution in [0.1, 0.15) is 55.8 Å². The average Bonchev–Trinajstić information content (AvgIpc) is 3.46. The number of ether oxygens (including phenoxy) is 1. The van der Waals surface area contributed by atoms with Gasteiger partial charge in [0, 0.05) is 17.9 Å². The smallest absolute Gasteiger partial charge is 0.340 e. The number of amides is 2. The molecule has 140 valence electrons. The molecule has 0 aliphatic heterocycles. The molecular formula is C20H26N2O4. The van der Waals surface area contributed by atoms with E-state index in [-0.39, 0.29) is 30.3 Å². The third-order valence-corrected chi connectivity index (χ3v) is 5.07. The van der Waals surface area contributed by atoms with E-state index in [1.54, 1.807) is 31.2 Å². The molecule has 1 aromatic carbocycles. The van der Waals surface area contributed by atoms with Crippen molar-refractivity contribution in [2.75, 3.05) is 11.9 Å². The number of carbonyl (C=O) groups excluding carboxylic acids is 3. The Bertz CT molecular complexity index is 676. The fourth-order valence-electron chi connectivity index (χ4n) is 3.38. The number of para-hydroxylation sites is 1. The molecule has 2 saturated carbocycles. The van der Waals surface area contributed by atoms with Gasteiger partial charge >= 0.3 is 5.97 Å². The summed E-state index contributed by atoms with van der Waals surface area (Å²) in [5.74, 6) is -0.507. The summed E-state index contributed by atoms with van der Waals surface area (Å²) in [6.07, 6.45) is 5.02. The zero-order chi connectivity index (χ0) is 18.5. The molecule has 0 aromatic heterocycles. The van der Waals surface area contributed by atoms with Crippen LogP contribution in [-0.2, 0) is 14.3 Å². The van der Waals surface area contributed by atoms with Gasteiger partial charge in [-0.3, -0.25) is 9.59 Å². The van der Waals surface area contributed by atoms with Gasteiger partial charge in [0.15, 0.2) is 0 Å². The molecule has 2 N–H and O–H groups in total. The number of hydrogen-bond acceptors (Lipinski definition) is 4. The van der Waals surface area contributed by atoms with Gasteiger partial charge in [-0.1, -0.05) is 12.1 Å². The molecule has 26 heavy (non-hydrogen) atoms. The maximum atomic E-state index is 12.6. The van der Waals surface area contributed by atoms with E-state index in [0.717, 1.165) is 25.7 Å².